The molecule has 0 unspecified atom stereocenters. The van der Waals surface area contributed by atoms with Crippen LogP contribution in [-0.4, -0.2) is 10.6 Å². The predicted molar refractivity (Wildman–Crippen MR) is 104 cm³/mol. The molecule has 130 valence electrons. The van der Waals surface area contributed by atoms with Crippen molar-refractivity contribution in [3.63, 3.8) is 0 Å². The highest BCUT2D eigenvalue weighted by molar-refractivity contribution is 7.09. The van der Waals surface area contributed by atoms with Crippen LogP contribution in [0.4, 0.5) is 0 Å². The van der Waals surface area contributed by atoms with Crippen LogP contribution in [0.1, 0.15) is 25.8 Å². The van der Waals surface area contributed by atoms with Gasteiger partial charge in [0.15, 0.2) is 0 Å². The molecule has 0 bridgehead atoms. The number of hydrogen-bond donors (Lipinski definition) is 0. The Morgan fingerprint density at radius 1 is 0.960 bits per heavy atom. The van der Waals surface area contributed by atoms with Crippen LogP contribution in [0, 0.1) is 0 Å². The van der Waals surface area contributed by atoms with Gasteiger partial charge < -0.3 is 9.47 Å². The number of benzene rings is 2. The molecule has 0 saturated heterocycles. The Morgan fingerprint density at radius 2 is 1.56 bits per heavy atom. The normalized spacial score (nSPS) is 11.5. The molecule has 25 heavy (non-hydrogen) atoms. The summed E-state index contributed by atoms with van der Waals surface area (Å²) in [7, 11) is 0. The maximum absolute atomic E-state index is 5.88. The Bertz CT molecular complexity index is 820. The highest BCUT2D eigenvalue weighted by Gasteiger charge is 2.12. The lowest BCUT2D eigenvalue weighted by atomic mass is 10.2. The van der Waals surface area contributed by atoms with Crippen LogP contribution in [0.25, 0.3) is 11.3 Å². The number of rotatable bonds is 5. The summed E-state index contributed by atoms with van der Waals surface area (Å²) in [5.74, 6) is 1.53. The first-order chi connectivity index (χ1) is 11.9. The highest BCUT2D eigenvalue weighted by atomic mass is 35.5. The van der Waals surface area contributed by atoms with Crippen LogP contribution >= 0.6 is 22.9 Å². The molecule has 3 aromatic rings. The zero-order chi connectivity index (χ0) is 17.9. The standard InChI is InChI=1S/C20H20ClNO2S/c1-20(2,3)23-12-19-22-18(13-25-19)14-4-8-16(9-5-14)24-17-10-6-15(21)7-11-17/h4-11,13H,12H2,1-3H3. The molecule has 3 nitrogen and oxygen atoms in total. The Balaban J connectivity index is 1.66. The Morgan fingerprint density at radius 3 is 2.16 bits per heavy atom. The minimum atomic E-state index is -0.160. The molecule has 0 radical (unpaired) electrons. The van der Waals surface area contributed by atoms with Gasteiger partial charge in [0, 0.05) is 16.0 Å². The van der Waals surface area contributed by atoms with Crippen LogP contribution in [0.2, 0.25) is 5.02 Å². The van der Waals surface area contributed by atoms with Crippen molar-refractivity contribution in [2.24, 2.45) is 0 Å². The van der Waals surface area contributed by atoms with Gasteiger partial charge in [-0.2, -0.15) is 0 Å². The van der Waals surface area contributed by atoms with E-state index in [0.29, 0.717) is 11.6 Å². The lowest BCUT2D eigenvalue weighted by Crippen LogP contribution is -2.18. The molecule has 3 rings (SSSR count). The van der Waals surface area contributed by atoms with E-state index in [0.717, 1.165) is 27.8 Å². The summed E-state index contributed by atoms with van der Waals surface area (Å²) in [6.45, 7) is 6.66. The topological polar surface area (TPSA) is 31.4 Å². The van der Waals surface area contributed by atoms with Gasteiger partial charge in [0.2, 0.25) is 0 Å². The number of hydrogen-bond acceptors (Lipinski definition) is 4. The van der Waals surface area contributed by atoms with Crippen molar-refractivity contribution in [1.82, 2.24) is 4.98 Å². The van der Waals surface area contributed by atoms with Crippen molar-refractivity contribution in [2.45, 2.75) is 33.0 Å². The predicted octanol–water partition coefficient (Wildman–Crippen LogP) is 6.57. The second-order valence-corrected chi connectivity index (χ2v) is 7.99. The quantitative estimate of drug-likeness (QED) is 0.506. The maximum Gasteiger partial charge on any atom is 0.127 e. The fourth-order valence-electron chi connectivity index (χ4n) is 2.12. The molecule has 0 fully saturated rings. The largest absolute Gasteiger partial charge is 0.457 e. The van der Waals surface area contributed by atoms with Crippen molar-refractivity contribution in [2.75, 3.05) is 0 Å². The molecule has 0 atom stereocenters. The summed E-state index contributed by atoms with van der Waals surface area (Å²) >= 11 is 7.50. The number of nitrogens with zero attached hydrogens (tertiary/aromatic N) is 1. The van der Waals surface area contributed by atoms with E-state index < -0.39 is 0 Å². The number of ether oxygens (including phenoxy) is 2. The third-order valence-electron chi connectivity index (χ3n) is 3.38. The molecule has 1 heterocycles. The van der Waals surface area contributed by atoms with Crippen LogP contribution in [0.15, 0.2) is 53.9 Å². The molecule has 0 aliphatic rings. The molecule has 1 aromatic heterocycles. The second kappa shape index (κ2) is 7.56. The van der Waals surface area contributed by atoms with Crippen LogP contribution in [-0.2, 0) is 11.3 Å². The molecule has 0 amide bonds. The van der Waals surface area contributed by atoms with E-state index in [1.54, 1.807) is 11.3 Å². The zero-order valence-corrected chi connectivity index (χ0v) is 16.0. The SMILES string of the molecule is CC(C)(C)OCc1nc(-c2ccc(Oc3ccc(Cl)cc3)cc2)cs1. The summed E-state index contributed by atoms with van der Waals surface area (Å²) in [5.41, 5.74) is 1.85. The van der Waals surface area contributed by atoms with Gasteiger partial charge >= 0.3 is 0 Å². The van der Waals surface area contributed by atoms with Gasteiger partial charge in [-0.3, -0.25) is 0 Å². The molecule has 5 heteroatoms. The van der Waals surface area contributed by atoms with Gasteiger partial charge in [-0.25, -0.2) is 4.98 Å². The fraction of sp³-hybridized carbons (Fsp3) is 0.250. The van der Waals surface area contributed by atoms with Crippen molar-refractivity contribution < 1.29 is 9.47 Å². The molecule has 0 saturated carbocycles. The van der Waals surface area contributed by atoms with Crippen molar-refractivity contribution in [3.05, 3.63) is 63.9 Å². The minimum Gasteiger partial charge on any atom is -0.457 e. The third kappa shape index (κ3) is 5.30. The second-order valence-electron chi connectivity index (χ2n) is 6.61. The van der Waals surface area contributed by atoms with Crippen LogP contribution < -0.4 is 4.74 Å². The smallest absolute Gasteiger partial charge is 0.127 e. The van der Waals surface area contributed by atoms with Gasteiger partial charge in [0.1, 0.15) is 16.5 Å². The minimum absolute atomic E-state index is 0.160. The van der Waals surface area contributed by atoms with E-state index in [1.165, 1.54) is 0 Å². The van der Waals surface area contributed by atoms with E-state index in [2.05, 4.69) is 10.4 Å². The summed E-state index contributed by atoms with van der Waals surface area (Å²) in [6.07, 6.45) is 0. The van der Waals surface area contributed by atoms with E-state index in [4.69, 9.17) is 21.1 Å². The zero-order valence-electron chi connectivity index (χ0n) is 14.5. The Labute approximate surface area is 157 Å². The highest BCUT2D eigenvalue weighted by Crippen LogP contribution is 2.28. The van der Waals surface area contributed by atoms with E-state index in [1.807, 2.05) is 69.3 Å². The first-order valence-electron chi connectivity index (χ1n) is 8.01. The Hall–Kier alpha value is -1.88. The lowest BCUT2D eigenvalue weighted by Gasteiger charge is -2.18. The molecule has 0 spiro atoms. The summed E-state index contributed by atoms with van der Waals surface area (Å²) in [6, 6.07) is 15.2. The molecular formula is C20H20ClNO2S. The molecular weight excluding hydrogens is 354 g/mol. The average molecular weight is 374 g/mol. The summed E-state index contributed by atoms with van der Waals surface area (Å²) < 4.78 is 11.6. The molecule has 0 N–H and O–H groups in total. The number of aromatic nitrogens is 1. The summed E-state index contributed by atoms with van der Waals surface area (Å²) in [5, 5.41) is 3.72. The number of thiazole rings is 1. The maximum atomic E-state index is 5.88. The van der Waals surface area contributed by atoms with Gasteiger partial charge in [-0.1, -0.05) is 11.6 Å². The van der Waals surface area contributed by atoms with Crippen LogP contribution in [0.5, 0.6) is 11.5 Å². The van der Waals surface area contributed by atoms with Gasteiger partial charge in [-0.15, -0.1) is 11.3 Å². The Kier molecular flexibility index (Phi) is 5.42. The van der Waals surface area contributed by atoms with Crippen molar-refractivity contribution >= 4 is 22.9 Å². The van der Waals surface area contributed by atoms with Crippen molar-refractivity contribution in [1.29, 1.82) is 0 Å². The first kappa shape index (κ1) is 17.9. The van der Waals surface area contributed by atoms with Crippen molar-refractivity contribution in [3.8, 4) is 22.8 Å². The van der Waals surface area contributed by atoms with Gasteiger partial charge in [-0.05, 0) is 69.3 Å². The van der Waals surface area contributed by atoms with Crippen LogP contribution in [0.3, 0.4) is 0 Å². The lowest BCUT2D eigenvalue weighted by molar-refractivity contribution is -0.0150. The third-order valence-corrected chi connectivity index (χ3v) is 4.45. The average Bonchev–Trinajstić information content (AvgIpc) is 3.04. The van der Waals surface area contributed by atoms with E-state index in [-0.39, 0.29) is 5.60 Å². The summed E-state index contributed by atoms with van der Waals surface area (Å²) in [4.78, 5) is 4.64. The van der Waals surface area contributed by atoms with E-state index >= 15 is 0 Å². The molecule has 2 aromatic carbocycles. The van der Waals surface area contributed by atoms with E-state index in [9.17, 15) is 0 Å². The first-order valence-corrected chi connectivity index (χ1v) is 9.27. The molecule has 0 aliphatic heterocycles. The van der Waals surface area contributed by atoms with Gasteiger partial charge in [0.25, 0.3) is 0 Å². The number of halogens is 1. The van der Waals surface area contributed by atoms with Gasteiger partial charge in [0.05, 0.1) is 17.9 Å². The molecule has 0 aliphatic carbocycles. The fourth-order valence-corrected chi connectivity index (χ4v) is 2.96. The monoisotopic (exact) mass is 373 g/mol.